The van der Waals surface area contributed by atoms with E-state index in [4.69, 9.17) is 5.73 Å². The smallest absolute Gasteiger partial charge is 0.166 e. The van der Waals surface area contributed by atoms with Gasteiger partial charge in [-0.25, -0.2) is 4.39 Å². The summed E-state index contributed by atoms with van der Waals surface area (Å²) in [5.74, 6) is -0.785. The second-order valence-corrected chi connectivity index (χ2v) is 5.02. The van der Waals surface area contributed by atoms with Crippen LogP contribution >= 0.6 is 15.9 Å². The zero-order valence-corrected chi connectivity index (χ0v) is 9.85. The fraction of sp³-hybridized carbons (Fsp3) is 0.455. The van der Waals surface area contributed by atoms with Gasteiger partial charge in [-0.15, -0.1) is 0 Å². The Labute approximate surface area is 96.4 Å². The molecule has 1 aliphatic rings. The van der Waals surface area contributed by atoms with Crippen LogP contribution in [0.15, 0.2) is 16.6 Å². The molecule has 0 aliphatic heterocycles. The van der Waals surface area contributed by atoms with Gasteiger partial charge in [0.05, 0.1) is 0 Å². The van der Waals surface area contributed by atoms with Crippen molar-refractivity contribution < 1.29 is 9.50 Å². The number of phenolic OH excluding ortho intramolecular Hbond substituents is 1. The summed E-state index contributed by atoms with van der Waals surface area (Å²) in [7, 11) is 0. The SMILES string of the molecule is NCCC1(c2cc(Br)cc(F)c2O)CC1. The third-order valence-corrected chi connectivity index (χ3v) is 3.53. The van der Waals surface area contributed by atoms with Gasteiger partial charge in [0.1, 0.15) is 0 Å². The number of rotatable bonds is 3. The van der Waals surface area contributed by atoms with Crippen LogP contribution in [0.1, 0.15) is 24.8 Å². The first kappa shape index (κ1) is 10.9. The third kappa shape index (κ3) is 1.88. The molecule has 0 radical (unpaired) electrons. The summed E-state index contributed by atoms with van der Waals surface area (Å²) in [5.41, 5.74) is 6.15. The number of aromatic hydroxyl groups is 1. The molecule has 0 saturated heterocycles. The van der Waals surface area contributed by atoms with Gasteiger partial charge in [-0.3, -0.25) is 0 Å². The fourth-order valence-corrected chi connectivity index (χ4v) is 2.48. The Hall–Kier alpha value is -0.610. The van der Waals surface area contributed by atoms with E-state index in [0.29, 0.717) is 16.6 Å². The molecule has 2 nitrogen and oxygen atoms in total. The zero-order valence-electron chi connectivity index (χ0n) is 8.26. The summed E-state index contributed by atoms with van der Waals surface area (Å²) < 4.78 is 14.0. The van der Waals surface area contributed by atoms with Gasteiger partial charge in [0, 0.05) is 15.5 Å². The maximum Gasteiger partial charge on any atom is 0.166 e. The molecule has 0 spiro atoms. The Morgan fingerprint density at radius 3 is 2.67 bits per heavy atom. The standard InChI is InChI=1S/C11H13BrFNO/c12-7-5-8(10(15)9(13)6-7)11(1-2-11)3-4-14/h5-6,15H,1-4,14H2. The first-order chi connectivity index (χ1) is 7.09. The van der Waals surface area contributed by atoms with Crippen molar-refractivity contribution in [1.29, 1.82) is 0 Å². The molecule has 4 heteroatoms. The molecule has 82 valence electrons. The van der Waals surface area contributed by atoms with Crippen molar-refractivity contribution in [3.8, 4) is 5.75 Å². The van der Waals surface area contributed by atoms with Gasteiger partial charge in [0.2, 0.25) is 0 Å². The van der Waals surface area contributed by atoms with Crippen LogP contribution in [0.25, 0.3) is 0 Å². The van der Waals surface area contributed by atoms with Crippen molar-refractivity contribution in [3.05, 3.63) is 28.0 Å². The molecule has 0 bridgehead atoms. The molecule has 1 fully saturated rings. The summed E-state index contributed by atoms with van der Waals surface area (Å²) in [5, 5.41) is 9.69. The predicted molar refractivity (Wildman–Crippen MR) is 60.3 cm³/mol. The maximum atomic E-state index is 13.3. The van der Waals surface area contributed by atoms with Crippen molar-refractivity contribution in [2.45, 2.75) is 24.7 Å². The number of hydrogen-bond donors (Lipinski definition) is 2. The van der Waals surface area contributed by atoms with Crippen LogP contribution in [0.2, 0.25) is 0 Å². The van der Waals surface area contributed by atoms with Crippen LogP contribution in [0.3, 0.4) is 0 Å². The van der Waals surface area contributed by atoms with Crippen molar-refractivity contribution in [2.24, 2.45) is 5.73 Å². The average molecular weight is 274 g/mol. The van der Waals surface area contributed by atoms with E-state index in [0.717, 1.165) is 19.3 Å². The molecular weight excluding hydrogens is 261 g/mol. The molecule has 1 aromatic carbocycles. The Bertz CT molecular complexity index is 390. The van der Waals surface area contributed by atoms with E-state index in [1.54, 1.807) is 6.07 Å². The van der Waals surface area contributed by atoms with Gasteiger partial charge < -0.3 is 10.8 Å². The number of hydrogen-bond acceptors (Lipinski definition) is 2. The Morgan fingerprint density at radius 1 is 1.47 bits per heavy atom. The number of halogens is 2. The molecule has 15 heavy (non-hydrogen) atoms. The van der Waals surface area contributed by atoms with Gasteiger partial charge in [-0.2, -0.15) is 0 Å². The van der Waals surface area contributed by atoms with Gasteiger partial charge in [0.15, 0.2) is 11.6 Å². The molecule has 2 rings (SSSR count). The lowest BCUT2D eigenvalue weighted by Crippen LogP contribution is -2.14. The van der Waals surface area contributed by atoms with Gasteiger partial charge >= 0.3 is 0 Å². The lowest BCUT2D eigenvalue weighted by molar-refractivity contribution is 0.415. The number of benzene rings is 1. The Morgan fingerprint density at radius 2 is 2.13 bits per heavy atom. The van der Waals surface area contributed by atoms with Crippen LogP contribution in [-0.4, -0.2) is 11.7 Å². The third-order valence-electron chi connectivity index (χ3n) is 3.08. The minimum Gasteiger partial charge on any atom is -0.505 e. The number of phenols is 1. The molecule has 0 aromatic heterocycles. The van der Waals surface area contributed by atoms with Crippen LogP contribution in [-0.2, 0) is 5.41 Å². The van der Waals surface area contributed by atoms with Gasteiger partial charge in [0.25, 0.3) is 0 Å². The average Bonchev–Trinajstić information content (AvgIpc) is 2.93. The molecule has 1 aliphatic carbocycles. The van der Waals surface area contributed by atoms with E-state index in [1.165, 1.54) is 6.07 Å². The Balaban J connectivity index is 2.44. The highest BCUT2D eigenvalue weighted by atomic mass is 79.9. The topological polar surface area (TPSA) is 46.2 Å². The fourth-order valence-electron chi connectivity index (χ4n) is 2.05. The van der Waals surface area contributed by atoms with Crippen LogP contribution in [0.5, 0.6) is 5.75 Å². The molecule has 0 unspecified atom stereocenters. The van der Waals surface area contributed by atoms with Crippen molar-refractivity contribution in [3.63, 3.8) is 0 Å². The normalized spacial score (nSPS) is 17.8. The molecule has 1 aromatic rings. The van der Waals surface area contributed by atoms with Crippen molar-refractivity contribution >= 4 is 15.9 Å². The highest BCUT2D eigenvalue weighted by Crippen LogP contribution is 2.54. The molecule has 1 saturated carbocycles. The summed E-state index contributed by atoms with van der Waals surface area (Å²) in [6, 6.07) is 3.07. The molecule has 0 amide bonds. The minimum absolute atomic E-state index is 0.0799. The van der Waals surface area contributed by atoms with Gasteiger partial charge in [-0.1, -0.05) is 15.9 Å². The maximum absolute atomic E-state index is 13.3. The lowest BCUT2D eigenvalue weighted by Gasteiger charge is -2.16. The molecule has 3 N–H and O–H groups in total. The summed E-state index contributed by atoms with van der Waals surface area (Å²) in [6.07, 6.45) is 2.76. The minimum atomic E-state index is -0.567. The van der Waals surface area contributed by atoms with Crippen molar-refractivity contribution in [1.82, 2.24) is 0 Å². The van der Waals surface area contributed by atoms with Crippen LogP contribution in [0, 0.1) is 5.82 Å². The highest BCUT2D eigenvalue weighted by Gasteiger charge is 2.45. The van der Waals surface area contributed by atoms with E-state index < -0.39 is 5.82 Å². The monoisotopic (exact) mass is 273 g/mol. The molecule has 0 heterocycles. The van der Waals surface area contributed by atoms with E-state index in [-0.39, 0.29) is 11.2 Å². The van der Waals surface area contributed by atoms with E-state index in [2.05, 4.69) is 15.9 Å². The Kier molecular flexibility index (Phi) is 2.73. The van der Waals surface area contributed by atoms with Crippen LogP contribution in [0.4, 0.5) is 4.39 Å². The van der Waals surface area contributed by atoms with E-state index in [1.807, 2.05) is 0 Å². The second kappa shape index (κ2) is 3.76. The summed E-state index contributed by atoms with van der Waals surface area (Å²) in [6.45, 7) is 0.563. The summed E-state index contributed by atoms with van der Waals surface area (Å²) in [4.78, 5) is 0. The summed E-state index contributed by atoms with van der Waals surface area (Å²) >= 11 is 3.24. The van der Waals surface area contributed by atoms with E-state index >= 15 is 0 Å². The van der Waals surface area contributed by atoms with Crippen LogP contribution < -0.4 is 5.73 Å². The van der Waals surface area contributed by atoms with Gasteiger partial charge in [-0.05, 0) is 37.9 Å². The predicted octanol–water partition coefficient (Wildman–Crippen LogP) is 2.67. The van der Waals surface area contributed by atoms with Crippen molar-refractivity contribution in [2.75, 3.05) is 6.54 Å². The number of nitrogens with two attached hydrogens (primary N) is 1. The largest absolute Gasteiger partial charge is 0.505 e. The highest BCUT2D eigenvalue weighted by molar-refractivity contribution is 9.10. The van der Waals surface area contributed by atoms with E-state index in [9.17, 15) is 9.50 Å². The quantitative estimate of drug-likeness (QED) is 0.890. The first-order valence-corrected chi connectivity index (χ1v) is 5.77. The lowest BCUT2D eigenvalue weighted by atomic mass is 9.91. The zero-order chi connectivity index (χ0) is 11.1. The molecule has 0 atom stereocenters. The second-order valence-electron chi connectivity index (χ2n) is 4.10. The first-order valence-electron chi connectivity index (χ1n) is 4.98. The molecular formula is C11H13BrFNO.